The maximum Gasteiger partial charge on any atom is 0.460 e. The number of halogens is 4. The summed E-state index contributed by atoms with van der Waals surface area (Å²) in [5.74, 6) is -3.23. The molecule has 17 heteroatoms. The van der Waals surface area contributed by atoms with Crippen LogP contribution in [0.1, 0.15) is 19.6 Å². The van der Waals surface area contributed by atoms with Crippen LogP contribution < -0.4 is 20.9 Å². The van der Waals surface area contributed by atoms with Gasteiger partial charge < -0.3 is 19.5 Å². The summed E-state index contributed by atoms with van der Waals surface area (Å²) in [6, 6.07) is 9.07. The lowest BCUT2D eigenvalue weighted by Gasteiger charge is -2.31. The number of nitrogens with zero attached hydrogens (tertiary/aromatic N) is 1. The summed E-state index contributed by atoms with van der Waals surface area (Å²) >= 11 is 0. The Morgan fingerprint density at radius 3 is 2.58 bits per heavy atom. The molecule has 0 bridgehead atoms. The van der Waals surface area contributed by atoms with Gasteiger partial charge in [-0.25, -0.2) is 9.36 Å². The number of H-pyrrole nitrogens is 1. The van der Waals surface area contributed by atoms with Gasteiger partial charge in [0.15, 0.2) is 6.10 Å². The highest BCUT2D eigenvalue weighted by Crippen LogP contribution is 2.51. The van der Waals surface area contributed by atoms with Crippen molar-refractivity contribution in [2.75, 3.05) is 0 Å². The van der Waals surface area contributed by atoms with Crippen molar-refractivity contribution in [3.8, 4) is 5.75 Å². The molecule has 2 heterocycles. The van der Waals surface area contributed by atoms with E-state index in [0.29, 0.717) is 21.5 Å². The number of benzene rings is 2. The van der Waals surface area contributed by atoms with E-state index < -0.39 is 74.0 Å². The van der Waals surface area contributed by atoms with E-state index in [0.717, 1.165) is 6.92 Å². The third-order valence-corrected chi connectivity index (χ3v) is 7.58. The fraction of sp³-hybridized carbons (Fsp3) is 0.348. The van der Waals surface area contributed by atoms with Crippen LogP contribution in [0.5, 0.6) is 5.75 Å². The van der Waals surface area contributed by atoms with Gasteiger partial charge in [-0.05, 0) is 18.4 Å². The minimum absolute atomic E-state index is 0.200. The summed E-state index contributed by atoms with van der Waals surface area (Å²) < 4.78 is 86.3. The number of fused-ring (bicyclic) bond motifs is 1. The van der Waals surface area contributed by atoms with Crippen LogP contribution in [0.25, 0.3) is 10.8 Å². The number of ether oxygens (including phenoxy) is 1. The third-order valence-electron chi connectivity index (χ3n) is 5.93. The first-order valence-corrected chi connectivity index (χ1v) is 13.1. The third kappa shape index (κ3) is 6.26. The van der Waals surface area contributed by atoms with Crippen molar-refractivity contribution in [3.63, 3.8) is 0 Å². The average molecular weight is 591 g/mol. The van der Waals surface area contributed by atoms with Crippen LogP contribution in [0, 0.1) is 5.82 Å². The molecule has 1 saturated heterocycles. The minimum Gasteiger partial charge on any atom is -0.480 e. The largest absolute Gasteiger partial charge is 0.480 e. The molecule has 12 nitrogen and oxygen atoms in total. The standard InChI is InChI=1S/C23H22F4N3O9P/c1-11(21(33)34)29-40(36,38-16-8-4-6-12-5-2-3-7-13(12)16)39-19(23(25,26)27)18-15(31)9-17(37-18)30-10-14(24)20(32)28-22(30)35/h2-8,10-11,15,17-19,31H,9H2,1H3,(H,29,36)(H,33,34)(H,28,32,35)/t11-,15-,17+,18-,19-,40-/m0/s1. The molecule has 0 aliphatic carbocycles. The van der Waals surface area contributed by atoms with Crippen LogP contribution in [0.15, 0.2) is 58.3 Å². The Balaban J connectivity index is 1.70. The second kappa shape index (κ2) is 11.1. The highest BCUT2D eigenvalue weighted by atomic mass is 31.2. The Morgan fingerprint density at radius 1 is 1.23 bits per heavy atom. The lowest BCUT2D eigenvalue weighted by molar-refractivity contribution is -0.237. The van der Waals surface area contributed by atoms with Crippen LogP contribution in [-0.4, -0.2) is 56.3 Å². The number of rotatable bonds is 9. The minimum atomic E-state index is -5.38. The molecule has 4 N–H and O–H groups in total. The Bertz CT molecular complexity index is 1570. The number of alkyl halides is 3. The first-order valence-electron chi connectivity index (χ1n) is 11.6. The fourth-order valence-corrected chi connectivity index (χ4v) is 5.72. The van der Waals surface area contributed by atoms with Gasteiger partial charge in [-0.3, -0.25) is 23.7 Å². The zero-order valence-corrected chi connectivity index (χ0v) is 21.3. The van der Waals surface area contributed by atoms with E-state index in [9.17, 15) is 46.7 Å². The summed E-state index contributed by atoms with van der Waals surface area (Å²) in [5, 5.41) is 22.5. The first-order chi connectivity index (χ1) is 18.7. The predicted octanol–water partition coefficient (Wildman–Crippen LogP) is 2.67. The molecule has 1 aliphatic rings. The van der Waals surface area contributed by atoms with Gasteiger partial charge in [-0.15, -0.1) is 0 Å². The molecule has 216 valence electrons. The molecule has 1 aromatic heterocycles. The van der Waals surface area contributed by atoms with E-state index in [4.69, 9.17) is 13.8 Å². The summed E-state index contributed by atoms with van der Waals surface area (Å²) in [4.78, 5) is 36.4. The average Bonchev–Trinajstić information content (AvgIpc) is 3.25. The van der Waals surface area contributed by atoms with Gasteiger partial charge in [0.1, 0.15) is 24.1 Å². The maximum absolute atomic E-state index is 14.3. The Kier molecular flexibility index (Phi) is 8.19. The van der Waals surface area contributed by atoms with Crippen molar-refractivity contribution in [1.29, 1.82) is 0 Å². The quantitative estimate of drug-likeness (QED) is 0.214. The molecule has 2 aromatic carbocycles. The number of aliphatic carboxylic acids is 1. The number of hydrogen-bond acceptors (Lipinski definition) is 8. The summed E-state index contributed by atoms with van der Waals surface area (Å²) in [5.41, 5.74) is -2.60. The molecular weight excluding hydrogens is 569 g/mol. The highest BCUT2D eigenvalue weighted by molar-refractivity contribution is 7.52. The van der Waals surface area contributed by atoms with E-state index in [1.165, 1.54) is 18.2 Å². The normalized spacial score (nSPS) is 22.5. The number of aliphatic hydroxyl groups excluding tert-OH is 1. The highest BCUT2D eigenvalue weighted by Gasteiger charge is 2.56. The van der Waals surface area contributed by atoms with Crippen molar-refractivity contribution in [2.45, 2.75) is 50.1 Å². The lowest BCUT2D eigenvalue weighted by atomic mass is 10.1. The predicted molar refractivity (Wildman–Crippen MR) is 129 cm³/mol. The maximum atomic E-state index is 14.3. The second-order valence-electron chi connectivity index (χ2n) is 8.82. The SMILES string of the molecule is C[C@H](N[P@](=O)(Oc1cccc2ccccc12)O[C@@H]([C@H]1O[C@@H](n2cc(F)c(=O)[nH]c2=O)C[C@@H]1O)C(F)(F)F)C(=O)O. The topological polar surface area (TPSA) is 169 Å². The molecule has 6 atom stereocenters. The van der Waals surface area contributed by atoms with E-state index in [-0.39, 0.29) is 5.75 Å². The molecule has 4 rings (SSSR count). The molecular formula is C23H22F4N3O9P. The Hall–Kier alpha value is -3.56. The number of aromatic amines is 1. The molecule has 1 fully saturated rings. The fourth-order valence-electron chi connectivity index (χ4n) is 4.03. The molecule has 3 aromatic rings. The van der Waals surface area contributed by atoms with Gasteiger partial charge in [0.25, 0.3) is 5.56 Å². The van der Waals surface area contributed by atoms with Gasteiger partial charge in [0.05, 0.1) is 12.3 Å². The van der Waals surface area contributed by atoms with Gasteiger partial charge in [0, 0.05) is 11.8 Å². The van der Waals surface area contributed by atoms with Gasteiger partial charge in [-0.2, -0.15) is 22.6 Å². The molecule has 1 aliphatic heterocycles. The Morgan fingerprint density at radius 2 is 1.90 bits per heavy atom. The van der Waals surface area contributed by atoms with Crippen molar-refractivity contribution in [1.82, 2.24) is 14.6 Å². The number of aromatic nitrogens is 2. The van der Waals surface area contributed by atoms with Crippen molar-refractivity contribution < 1.29 is 50.9 Å². The number of hydrogen-bond donors (Lipinski definition) is 4. The van der Waals surface area contributed by atoms with E-state index >= 15 is 0 Å². The molecule has 0 unspecified atom stereocenters. The van der Waals surface area contributed by atoms with Crippen molar-refractivity contribution >= 4 is 24.5 Å². The Labute approximate surface area is 221 Å². The zero-order valence-electron chi connectivity index (χ0n) is 20.4. The van der Waals surface area contributed by atoms with Crippen LogP contribution >= 0.6 is 7.75 Å². The first kappa shape index (κ1) is 29.4. The monoisotopic (exact) mass is 591 g/mol. The van der Waals surface area contributed by atoms with Crippen LogP contribution in [0.2, 0.25) is 0 Å². The zero-order chi connectivity index (χ0) is 29.4. The molecule has 0 radical (unpaired) electrons. The second-order valence-corrected chi connectivity index (χ2v) is 10.5. The molecule has 0 amide bonds. The number of nitrogens with one attached hydrogen (secondary N) is 2. The van der Waals surface area contributed by atoms with E-state index in [1.54, 1.807) is 29.2 Å². The van der Waals surface area contributed by atoms with E-state index in [2.05, 4.69) is 0 Å². The number of carboxylic acids is 1. The smallest absolute Gasteiger partial charge is 0.460 e. The number of carbonyl (C=O) groups is 1. The van der Waals surface area contributed by atoms with Gasteiger partial charge in [0.2, 0.25) is 5.82 Å². The van der Waals surface area contributed by atoms with Crippen LogP contribution in [0.4, 0.5) is 17.6 Å². The van der Waals surface area contributed by atoms with Crippen molar-refractivity contribution in [3.05, 3.63) is 75.3 Å². The molecule has 40 heavy (non-hydrogen) atoms. The van der Waals surface area contributed by atoms with Crippen LogP contribution in [0.3, 0.4) is 0 Å². The van der Waals surface area contributed by atoms with Gasteiger partial charge in [-0.1, -0.05) is 36.4 Å². The number of carboxylic acid groups (broad SMARTS) is 1. The lowest BCUT2D eigenvalue weighted by Crippen LogP contribution is -2.48. The summed E-state index contributed by atoms with van der Waals surface area (Å²) in [7, 11) is -5.22. The number of aliphatic hydroxyl groups is 1. The van der Waals surface area contributed by atoms with E-state index in [1.807, 2.05) is 5.09 Å². The molecule has 0 spiro atoms. The van der Waals surface area contributed by atoms with Crippen molar-refractivity contribution in [2.24, 2.45) is 0 Å². The summed E-state index contributed by atoms with van der Waals surface area (Å²) in [6.07, 6.45) is -14.9. The molecule has 0 saturated carbocycles. The van der Waals surface area contributed by atoms with Gasteiger partial charge >= 0.3 is 25.6 Å². The summed E-state index contributed by atoms with van der Waals surface area (Å²) in [6.45, 7) is 0.988. The van der Waals surface area contributed by atoms with Crippen LogP contribution in [-0.2, 0) is 18.6 Å².